The highest BCUT2D eigenvalue weighted by molar-refractivity contribution is 6.02. The Bertz CT molecular complexity index is 558. The Morgan fingerprint density at radius 3 is 2.46 bits per heavy atom. The standard InChI is InChI=1S/C18H25N3O3/c1-2-20(15-7-4-3-5-8-15)13-6-12-19-16(22)11-14-21-17(23)9-10-18(21)24/h3-5,7-8H,2,6,9-14H2,1H3,(H,19,22). The second kappa shape index (κ2) is 9.05. The van der Waals surface area contributed by atoms with Crippen molar-refractivity contribution in [2.45, 2.75) is 32.6 Å². The van der Waals surface area contributed by atoms with Crippen molar-refractivity contribution >= 4 is 23.4 Å². The number of benzene rings is 1. The van der Waals surface area contributed by atoms with Gasteiger partial charge in [-0.25, -0.2) is 0 Å². The first-order valence-corrected chi connectivity index (χ1v) is 8.51. The normalized spacial score (nSPS) is 14.1. The maximum atomic E-state index is 11.8. The third-order valence-electron chi connectivity index (χ3n) is 4.15. The zero-order chi connectivity index (χ0) is 17.4. The fraction of sp³-hybridized carbons (Fsp3) is 0.500. The van der Waals surface area contributed by atoms with E-state index in [4.69, 9.17) is 0 Å². The van der Waals surface area contributed by atoms with E-state index in [1.807, 2.05) is 18.2 Å². The van der Waals surface area contributed by atoms with Crippen LogP contribution < -0.4 is 10.2 Å². The predicted octanol–water partition coefficient (Wildman–Crippen LogP) is 1.56. The van der Waals surface area contributed by atoms with Crippen LogP contribution in [-0.4, -0.2) is 48.8 Å². The summed E-state index contributed by atoms with van der Waals surface area (Å²) in [4.78, 5) is 38.2. The molecule has 0 saturated carbocycles. The van der Waals surface area contributed by atoms with Crippen LogP contribution in [0.3, 0.4) is 0 Å². The molecule has 0 unspecified atom stereocenters. The minimum atomic E-state index is -0.172. The zero-order valence-corrected chi connectivity index (χ0v) is 14.2. The zero-order valence-electron chi connectivity index (χ0n) is 14.2. The molecule has 0 radical (unpaired) electrons. The number of imide groups is 1. The molecular formula is C18H25N3O3. The summed E-state index contributed by atoms with van der Waals surface area (Å²) in [5.74, 6) is -0.464. The van der Waals surface area contributed by atoms with E-state index in [1.165, 1.54) is 10.6 Å². The minimum absolute atomic E-state index is 0.120. The first kappa shape index (κ1) is 18.0. The summed E-state index contributed by atoms with van der Waals surface area (Å²) in [6, 6.07) is 10.2. The van der Waals surface area contributed by atoms with E-state index in [0.717, 1.165) is 19.5 Å². The van der Waals surface area contributed by atoms with Gasteiger partial charge in [-0.05, 0) is 25.5 Å². The number of nitrogens with one attached hydrogen (secondary N) is 1. The number of carbonyl (C=O) groups is 3. The van der Waals surface area contributed by atoms with Crippen LogP contribution in [0.4, 0.5) is 5.69 Å². The molecule has 1 aliphatic rings. The summed E-state index contributed by atoms with van der Waals surface area (Å²) >= 11 is 0. The number of hydrogen-bond acceptors (Lipinski definition) is 4. The van der Waals surface area contributed by atoms with Crippen LogP contribution in [-0.2, 0) is 14.4 Å². The van der Waals surface area contributed by atoms with Gasteiger partial charge in [-0.2, -0.15) is 0 Å². The predicted molar refractivity (Wildman–Crippen MR) is 92.5 cm³/mol. The second-order valence-corrected chi connectivity index (χ2v) is 5.81. The fourth-order valence-electron chi connectivity index (χ4n) is 2.78. The van der Waals surface area contributed by atoms with E-state index < -0.39 is 0 Å². The molecule has 1 heterocycles. The molecule has 1 saturated heterocycles. The molecule has 0 aliphatic carbocycles. The highest BCUT2D eigenvalue weighted by Crippen LogP contribution is 2.13. The number of para-hydroxylation sites is 1. The van der Waals surface area contributed by atoms with Crippen LogP contribution in [0, 0.1) is 0 Å². The van der Waals surface area contributed by atoms with Crippen molar-refractivity contribution in [1.82, 2.24) is 10.2 Å². The van der Waals surface area contributed by atoms with Crippen molar-refractivity contribution in [3.05, 3.63) is 30.3 Å². The number of nitrogens with zero attached hydrogens (tertiary/aromatic N) is 2. The van der Waals surface area contributed by atoms with E-state index in [-0.39, 0.29) is 43.5 Å². The van der Waals surface area contributed by atoms with Gasteiger partial charge in [0.1, 0.15) is 0 Å². The maximum Gasteiger partial charge on any atom is 0.229 e. The van der Waals surface area contributed by atoms with Gasteiger partial charge < -0.3 is 10.2 Å². The van der Waals surface area contributed by atoms with E-state index in [2.05, 4.69) is 29.3 Å². The fourth-order valence-corrected chi connectivity index (χ4v) is 2.78. The average molecular weight is 331 g/mol. The number of carbonyl (C=O) groups excluding carboxylic acids is 3. The van der Waals surface area contributed by atoms with E-state index >= 15 is 0 Å². The van der Waals surface area contributed by atoms with Gasteiger partial charge in [-0.1, -0.05) is 18.2 Å². The Morgan fingerprint density at radius 1 is 1.17 bits per heavy atom. The Hall–Kier alpha value is -2.37. The molecule has 24 heavy (non-hydrogen) atoms. The molecule has 1 aliphatic heterocycles. The van der Waals surface area contributed by atoms with Gasteiger partial charge in [0, 0.05) is 51.1 Å². The van der Waals surface area contributed by atoms with Crippen molar-refractivity contribution in [2.24, 2.45) is 0 Å². The Morgan fingerprint density at radius 2 is 1.83 bits per heavy atom. The third kappa shape index (κ3) is 5.08. The van der Waals surface area contributed by atoms with Crippen molar-refractivity contribution in [3.63, 3.8) is 0 Å². The number of amides is 3. The lowest BCUT2D eigenvalue weighted by Crippen LogP contribution is -2.35. The molecule has 0 bridgehead atoms. The number of anilines is 1. The van der Waals surface area contributed by atoms with Crippen LogP contribution >= 0.6 is 0 Å². The quantitative estimate of drug-likeness (QED) is 0.551. The largest absolute Gasteiger partial charge is 0.372 e. The van der Waals surface area contributed by atoms with Crippen molar-refractivity contribution in [1.29, 1.82) is 0 Å². The number of likely N-dealkylation sites (tertiary alicyclic amines) is 1. The van der Waals surface area contributed by atoms with Gasteiger partial charge in [0.05, 0.1) is 0 Å². The minimum Gasteiger partial charge on any atom is -0.372 e. The van der Waals surface area contributed by atoms with Crippen molar-refractivity contribution < 1.29 is 14.4 Å². The summed E-state index contributed by atoms with van der Waals surface area (Å²) in [7, 11) is 0. The molecule has 0 aromatic heterocycles. The molecule has 3 amide bonds. The molecule has 1 N–H and O–H groups in total. The summed E-state index contributed by atoms with van der Waals surface area (Å²) < 4.78 is 0. The maximum absolute atomic E-state index is 11.8. The topological polar surface area (TPSA) is 69.7 Å². The Kier molecular flexibility index (Phi) is 6.78. The Labute approximate surface area is 142 Å². The molecular weight excluding hydrogens is 306 g/mol. The number of rotatable bonds is 9. The smallest absolute Gasteiger partial charge is 0.229 e. The van der Waals surface area contributed by atoms with Gasteiger partial charge in [0.2, 0.25) is 17.7 Å². The molecule has 6 nitrogen and oxygen atoms in total. The van der Waals surface area contributed by atoms with Gasteiger partial charge >= 0.3 is 0 Å². The van der Waals surface area contributed by atoms with E-state index in [1.54, 1.807) is 0 Å². The lowest BCUT2D eigenvalue weighted by Gasteiger charge is -2.23. The third-order valence-corrected chi connectivity index (χ3v) is 4.15. The molecule has 6 heteroatoms. The highest BCUT2D eigenvalue weighted by atomic mass is 16.2. The van der Waals surface area contributed by atoms with Gasteiger partial charge in [-0.15, -0.1) is 0 Å². The van der Waals surface area contributed by atoms with Gasteiger partial charge in [0.15, 0.2) is 0 Å². The van der Waals surface area contributed by atoms with E-state index in [0.29, 0.717) is 6.54 Å². The average Bonchev–Trinajstić information content (AvgIpc) is 2.92. The lowest BCUT2D eigenvalue weighted by molar-refractivity contribution is -0.138. The molecule has 0 spiro atoms. The van der Waals surface area contributed by atoms with Crippen LogP contribution in [0.15, 0.2) is 30.3 Å². The van der Waals surface area contributed by atoms with Crippen LogP contribution in [0.25, 0.3) is 0 Å². The van der Waals surface area contributed by atoms with Crippen LogP contribution in [0.5, 0.6) is 0 Å². The molecule has 1 aromatic carbocycles. The van der Waals surface area contributed by atoms with Crippen LogP contribution in [0.2, 0.25) is 0 Å². The SMILES string of the molecule is CCN(CCCNC(=O)CCN1C(=O)CCC1=O)c1ccccc1. The molecule has 130 valence electrons. The van der Waals surface area contributed by atoms with E-state index in [9.17, 15) is 14.4 Å². The summed E-state index contributed by atoms with van der Waals surface area (Å²) in [6.45, 7) is 4.66. The van der Waals surface area contributed by atoms with Crippen molar-refractivity contribution in [2.75, 3.05) is 31.1 Å². The first-order chi connectivity index (χ1) is 11.6. The molecule has 1 fully saturated rings. The molecule has 0 atom stereocenters. The monoisotopic (exact) mass is 331 g/mol. The highest BCUT2D eigenvalue weighted by Gasteiger charge is 2.28. The summed E-state index contributed by atoms with van der Waals surface area (Å²) in [6.07, 6.45) is 1.56. The second-order valence-electron chi connectivity index (χ2n) is 5.81. The Balaban J connectivity index is 1.64. The van der Waals surface area contributed by atoms with Gasteiger partial charge in [0.25, 0.3) is 0 Å². The van der Waals surface area contributed by atoms with Crippen molar-refractivity contribution in [3.8, 4) is 0 Å². The summed E-state index contributed by atoms with van der Waals surface area (Å²) in [5, 5.41) is 2.85. The number of hydrogen-bond donors (Lipinski definition) is 1. The lowest BCUT2D eigenvalue weighted by atomic mass is 10.2. The first-order valence-electron chi connectivity index (χ1n) is 8.51. The molecule has 2 rings (SSSR count). The summed E-state index contributed by atoms with van der Waals surface area (Å²) in [5.41, 5.74) is 1.18. The molecule has 1 aromatic rings. The van der Waals surface area contributed by atoms with Crippen LogP contribution in [0.1, 0.15) is 32.6 Å². The van der Waals surface area contributed by atoms with Gasteiger partial charge in [-0.3, -0.25) is 19.3 Å².